The van der Waals surface area contributed by atoms with Gasteiger partial charge in [0.15, 0.2) is 0 Å². The monoisotopic (exact) mass is 301 g/mol. The van der Waals surface area contributed by atoms with Crippen molar-refractivity contribution in [2.75, 3.05) is 5.32 Å². The number of halogens is 2. The van der Waals surface area contributed by atoms with E-state index in [1.54, 1.807) is 25.1 Å². The molecule has 0 aliphatic heterocycles. The van der Waals surface area contributed by atoms with Crippen molar-refractivity contribution in [3.05, 3.63) is 28.2 Å². The second kappa shape index (κ2) is 6.60. The Hall–Kier alpha value is -0.770. The Morgan fingerprint density at radius 3 is 2.68 bits per heavy atom. The molecule has 1 aromatic carbocycles. The third kappa shape index (κ3) is 4.10. The second-order valence-corrected chi connectivity index (χ2v) is 5.64. The maximum atomic E-state index is 12.0. The number of benzene rings is 1. The van der Waals surface area contributed by atoms with Gasteiger partial charge in [-0.1, -0.05) is 36.0 Å². The molecule has 0 spiro atoms. The Morgan fingerprint density at radius 1 is 1.37 bits per heavy atom. The third-order valence-corrected chi connectivity index (χ3v) is 3.80. The summed E-state index contributed by atoms with van der Waals surface area (Å²) in [6.45, 7) is 1.76. The molecular formula is C14H17Cl2NO2. The van der Waals surface area contributed by atoms with Crippen LogP contribution in [0.5, 0.6) is 0 Å². The number of rotatable bonds is 4. The van der Waals surface area contributed by atoms with Crippen LogP contribution in [0.25, 0.3) is 0 Å². The number of nitrogens with one attached hydrogen (secondary N) is 1. The number of hydrogen-bond donors (Lipinski definition) is 1. The summed E-state index contributed by atoms with van der Waals surface area (Å²) in [6.07, 6.45) is 4.18. The lowest BCUT2D eigenvalue weighted by atomic mass is 10.2. The van der Waals surface area contributed by atoms with E-state index in [0.29, 0.717) is 15.7 Å². The van der Waals surface area contributed by atoms with E-state index < -0.39 is 6.10 Å². The molecule has 1 saturated carbocycles. The standard InChI is InChI=1S/C14H17Cl2NO2/c1-9(19-11-4-2-3-5-11)14(18)17-13-7-6-10(15)8-12(13)16/h6-9,11H,2-5H2,1H3,(H,17,18). The van der Waals surface area contributed by atoms with Crippen molar-refractivity contribution in [2.45, 2.75) is 44.8 Å². The summed E-state index contributed by atoms with van der Waals surface area (Å²) >= 11 is 11.8. The van der Waals surface area contributed by atoms with Crippen molar-refractivity contribution in [2.24, 2.45) is 0 Å². The van der Waals surface area contributed by atoms with Gasteiger partial charge < -0.3 is 10.1 Å². The highest BCUT2D eigenvalue weighted by Crippen LogP contribution is 2.26. The van der Waals surface area contributed by atoms with Crippen LogP contribution in [-0.4, -0.2) is 18.1 Å². The molecule has 1 fully saturated rings. The van der Waals surface area contributed by atoms with Crippen molar-refractivity contribution in [1.82, 2.24) is 0 Å². The molecule has 0 bridgehead atoms. The predicted octanol–water partition coefficient (Wildman–Crippen LogP) is 4.28. The van der Waals surface area contributed by atoms with E-state index in [1.807, 2.05) is 0 Å². The highest BCUT2D eigenvalue weighted by atomic mass is 35.5. The van der Waals surface area contributed by atoms with E-state index >= 15 is 0 Å². The number of carbonyl (C=O) groups is 1. The molecule has 1 N–H and O–H groups in total. The Bertz CT molecular complexity index is 459. The van der Waals surface area contributed by atoms with Crippen LogP contribution in [0.1, 0.15) is 32.6 Å². The molecule has 2 rings (SSSR count). The van der Waals surface area contributed by atoms with Crippen molar-refractivity contribution in [3.63, 3.8) is 0 Å². The number of hydrogen-bond acceptors (Lipinski definition) is 2. The number of amides is 1. The summed E-state index contributed by atoms with van der Waals surface area (Å²) in [7, 11) is 0. The summed E-state index contributed by atoms with van der Waals surface area (Å²) in [4.78, 5) is 12.0. The van der Waals surface area contributed by atoms with Crippen LogP contribution in [0.3, 0.4) is 0 Å². The third-order valence-electron chi connectivity index (χ3n) is 3.26. The fourth-order valence-corrected chi connectivity index (χ4v) is 2.66. The van der Waals surface area contributed by atoms with E-state index in [1.165, 1.54) is 12.8 Å². The molecule has 1 aliphatic carbocycles. The lowest BCUT2D eigenvalue weighted by molar-refractivity contribution is -0.129. The molecule has 0 heterocycles. The first-order chi connectivity index (χ1) is 9.06. The Kier molecular flexibility index (Phi) is 5.08. The van der Waals surface area contributed by atoms with E-state index in [4.69, 9.17) is 27.9 Å². The molecular weight excluding hydrogens is 285 g/mol. The van der Waals surface area contributed by atoms with E-state index in [0.717, 1.165) is 12.8 Å². The molecule has 104 valence electrons. The van der Waals surface area contributed by atoms with Crippen LogP contribution in [0, 0.1) is 0 Å². The molecule has 5 heteroatoms. The minimum Gasteiger partial charge on any atom is -0.365 e. The normalized spacial score (nSPS) is 17.4. The van der Waals surface area contributed by atoms with E-state index in [2.05, 4.69) is 5.32 Å². The largest absolute Gasteiger partial charge is 0.365 e. The van der Waals surface area contributed by atoms with Gasteiger partial charge in [-0.25, -0.2) is 0 Å². The summed E-state index contributed by atoms with van der Waals surface area (Å²) < 4.78 is 5.73. The van der Waals surface area contributed by atoms with Crippen LogP contribution in [0.2, 0.25) is 10.0 Å². The van der Waals surface area contributed by atoms with Gasteiger partial charge in [-0.2, -0.15) is 0 Å². The Balaban J connectivity index is 1.92. The first kappa shape index (κ1) is 14.6. The average Bonchev–Trinajstić information content (AvgIpc) is 2.85. The van der Waals surface area contributed by atoms with Crippen LogP contribution < -0.4 is 5.32 Å². The summed E-state index contributed by atoms with van der Waals surface area (Å²) in [6, 6.07) is 4.97. The average molecular weight is 302 g/mol. The molecule has 0 saturated heterocycles. The first-order valence-corrected chi connectivity index (χ1v) is 7.23. The number of carbonyl (C=O) groups excluding carboxylic acids is 1. The number of ether oxygens (including phenoxy) is 1. The Labute approximate surface area is 123 Å². The predicted molar refractivity (Wildman–Crippen MR) is 77.9 cm³/mol. The molecule has 0 aromatic heterocycles. The minimum atomic E-state index is -0.477. The zero-order chi connectivity index (χ0) is 13.8. The van der Waals surface area contributed by atoms with Gasteiger partial charge in [0.05, 0.1) is 16.8 Å². The van der Waals surface area contributed by atoms with Crippen molar-refractivity contribution >= 4 is 34.8 Å². The smallest absolute Gasteiger partial charge is 0.253 e. The molecule has 1 atom stereocenters. The fraction of sp³-hybridized carbons (Fsp3) is 0.500. The van der Waals surface area contributed by atoms with Gasteiger partial charge in [-0.3, -0.25) is 4.79 Å². The summed E-state index contributed by atoms with van der Waals surface area (Å²) in [5.41, 5.74) is 0.554. The van der Waals surface area contributed by atoms with Gasteiger partial charge in [0.1, 0.15) is 6.10 Å². The first-order valence-electron chi connectivity index (χ1n) is 6.47. The second-order valence-electron chi connectivity index (χ2n) is 4.80. The van der Waals surface area contributed by atoms with E-state index in [-0.39, 0.29) is 12.0 Å². The minimum absolute atomic E-state index is 0.184. The molecule has 0 radical (unpaired) electrons. The summed E-state index contributed by atoms with van der Waals surface area (Å²) in [5, 5.41) is 3.72. The van der Waals surface area contributed by atoms with Crippen molar-refractivity contribution in [1.29, 1.82) is 0 Å². The van der Waals surface area contributed by atoms with Gasteiger partial charge in [0.2, 0.25) is 0 Å². The van der Waals surface area contributed by atoms with Crippen molar-refractivity contribution in [3.8, 4) is 0 Å². The Morgan fingerprint density at radius 2 is 2.05 bits per heavy atom. The zero-order valence-electron chi connectivity index (χ0n) is 10.8. The van der Waals surface area contributed by atoms with Crippen LogP contribution >= 0.6 is 23.2 Å². The lowest BCUT2D eigenvalue weighted by Crippen LogP contribution is -2.30. The van der Waals surface area contributed by atoms with Gasteiger partial charge in [-0.05, 0) is 38.0 Å². The SMILES string of the molecule is CC(OC1CCCC1)C(=O)Nc1ccc(Cl)cc1Cl. The molecule has 3 nitrogen and oxygen atoms in total. The molecule has 19 heavy (non-hydrogen) atoms. The molecule has 1 unspecified atom stereocenters. The fourth-order valence-electron chi connectivity index (χ4n) is 2.20. The number of anilines is 1. The molecule has 1 aliphatic rings. The van der Waals surface area contributed by atoms with E-state index in [9.17, 15) is 4.79 Å². The molecule has 1 aromatic rings. The maximum absolute atomic E-state index is 12.0. The molecule has 1 amide bonds. The van der Waals surface area contributed by atoms with Gasteiger partial charge in [0.25, 0.3) is 5.91 Å². The zero-order valence-corrected chi connectivity index (χ0v) is 12.3. The highest BCUT2D eigenvalue weighted by molar-refractivity contribution is 6.36. The summed E-state index contributed by atoms with van der Waals surface area (Å²) in [5.74, 6) is -0.184. The van der Waals surface area contributed by atoms with Gasteiger partial charge in [-0.15, -0.1) is 0 Å². The van der Waals surface area contributed by atoms with Crippen LogP contribution in [0.15, 0.2) is 18.2 Å². The van der Waals surface area contributed by atoms with Crippen LogP contribution in [0.4, 0.5) is 5.69 Å². The highest BCUT2D eigenvalue weighted by Gasteiger charge is 2.22. The van der Waals surface area contributed by atoms with Gasteiger partial charge >= 0.3 is 0 Å². The van der Waals surface area contributed by atoms with Crippen LogP contribution in [-0.2, 0) is 9.53 Å². The van der Waals surface area contributed by atoms with Crippen molar-refractivity contribution < 1.29 is 9.53 Å². The quantitative estimate of drug-likeness (QED) is 0.901. The topological polar surface area (TPSA) is 38.3 Å². The lowest BCUT2D eigenvalue weighted by Gasteiger charge is -2.18. The van der Waals surface area contributed by atoms with Gasteiger partial charge in [0, 0.05) is 5.02 Å². The maximum Gasteiger partial charge on any atom is 0.253 e.